The highest BCUT2D eigenvalue weighted by molar-refractivity contribution is 4.91. The van der Waals surface area contributed by atoms with Crippen LogP contribution in [0.3, 0.4) is 0 Å². The van der Waals surface area contributed by atoms with Crippen LogP contribution < -0.4 is 0 Å². The van der Waals surface area contributed by atoms with Crippen LogP contribution in [0.25, 0.3) is 0 Å². The quantitative estimate of drug-likeness (QED) is 0.690. The largest absolute Gasteiger partial charge is 0.396 e. The van der Waals surface area contributed by atoms with Crippen LogP contribution >= 0.6 is 0 Å². The first-order valence-corrected chi connectivity index (χ1v) is 7.70. The summed E-state index contributed by atoms with van der Waals surface area (Å²) in [6.07, 6.45) is 11.4. The van der Waals surface area contributed by atoms with Gasteiger partial charge < -0.3 is 5.11 Å². The van der Waals surface area contributed by atoms with Gasteiger partial charge in [0.1, 0.15) is 0 Å². The van der Waals surface area contributed by atoms with Gasteiger partial charge in [-0.3, -0.25) is 4.90 Å². The van der Waals surface area contributed by atoms with E-state index in [0.29, 0.717) is 12.5 Å². The highest BCUT2D eigenvalue weighted by Gasteiger charge is 2.37. The summed E-state index contributed by atoms with van der Waals surface area (Å²) >= 11 is 0. The second-order valence-electron chi connectivity index (χ2n) is 6.11. The minimum Gasteiger partial charge on any atom is -0.396 e. The van der Waals surface area contributed by atoms with Crippen molar-refractivity contribution in [2.24, 2.45) is 11.8 Å². The van der Waals surface area contributed by atoms with Gasteiger partial charge in [-0.2, -0.15) is 0 Å². The monoisotopic (exact) mass is 239 g/mol. The molecule has 1 heterocycles. The third-order valence-electron chi connectivity index (χ3n) is 4.76. The molecule has 2 nitrogen and oxygen atoms in total. The van der Waals surface area contributed by atoms with Crippen LogP contribution in [0.2, 0.25) is 0 Å². The predicted molar refractivity (Wildman–Crippen MR) is 72.0 cm³/mol. The molecule has 1 aliphatic heterocycles. The molecule has 2 fully saturated rings. The molecule has 0 radical (unpaired) electrons. The summed E-state index contributed by atoms with van der Waals surface area (Å²) in [7, 11) is 0. The van der Waals surface area contributed by atoms with Gasteiger partial charge in [0.2, 0.25) is 0 Å². The zero-order valence-corrected chi connectivity index (χ0v) is 11.4. The Bertz CT molecular complexity index is 213. The SMILES string of the molecule is CCCCCCC1CCCC1N1CC(CO)C1. The number of unbranched alkanes of at least 4 members (excludes halogenated alkanes) is 3. The standard InChI is InChI=1S/C15H29NO/c1-2-3-4-5-7-14-8-6-9-15(14)16-10-13(11-16)12-17/h13-15,17H,2-12H2,1H3. The first-order chi connectivity index (χ1) is 8.35. The van der Waals surface area contributed by atoms with Crippen LogP contribution in [0.1, 0.15) is 58.3 Å². The molecule has 1 aliphatic carbocycles. The fourth-order valence-electron chi connectivity index (χ4n) is 3.66. The van der Waals surface area contributed by atoms with E-state index in [1.54, 1.807) is 0 Å². The molecule has 0 amide bonds. The lowest BCUT2D eigenvalue weighted by Crippen LogP contribution is -2.54. The number of aliphatic hydroxyl groups excluding tert-OH is 1. The number of nitrogens with zero attached hydrogens (tertiary/aromatic N) is 1. The lowest BCUT2D eigenvalue weighted by molar-refractivity contribution is 0.00525. The van der Waals surface area contributed by atoms with E-state index in [9.17, 15) is 0 Å². The molecule has 1 saturated carbocycles. The average molecular weight is 239 g/mol. The number of likely N-dealkylation sites (tertiary alicyclic amines) is 1. The minimum absolute atomic E-state index is 0.393. The fraction of sp³-hybridized carbons (Fsp3) is 1.00. The predicted octanol–water partition coefficient (Wildman–Crippen LogP) is 3.05. The first kappa shape index (κ1) is 13.4. The van der Waals surface area contributed by atoms with Gasteiger partial charge in [0.05, 0.1) is 0 Å². The van der Waals surface area contributed by atoms with E-state index in [-0.39, 0.29) is 0 Å². The molecule has 1 N–H and O–H groups in total. The highest BCUT2D eigenvalue weighted by Crippen LogP contribution is 2.36. The molecule has 100 valence electrons. The first-order valence-electron chi connectivity index (χ1n) is 7.70. The van der Waals surface area contributed by atoms with Crippen molar-refractivity contribution in [2.45, 2.75) is 64.3 Å². The Hall–Kier alpha value is -0.0800. The van der Waals surface area contributed by atoms with E-state index in [2.05, 4.69) is 11.8 Å². The molecule has 1 saturated heterocycles. The molecule has 2 atom stereocenters. The summed E-state index contributed by atoms with van der Waals surface area (Å²) in [5.74, 6) is 1.54. The lowest BCUT2D eigenvalue weighted by atomic mass is 9.90. The summed E-state index contributed by atoms with van der Waals surface area (Å²) in [5.41, 5.74) is 0. The maximum Gasteiger partial charge on any atom is 0.0483 e. The Morgan fingerprint density at radius 2 is 1.94 bits per heavy atom. The van der Waals surface area contributed by atoms with E-state index >= 15 is 0 Å². The Morgan fingerprint density at radius 3 is 2.65 bits per heavy atom. The molecule has 2 aliphatic rings. The molecule has 0 aromatic carbocycles. The Morgan fingerprint density at radius 1 is 1.12 bits per heavy atom. The van der Waals surface area contributed by atoms with Gasteiger partial charge in [-0.1, -0.05) is 39.0 Å². The molecule has 17 heavy (non-hydrogen) atoms. The van der Waals surface area contributed by atoms with Crippen molar-refractivity contribution in [1.29, 1.82) is 0 Å². The second-order valence-corrected chi connectivity index (χ2v) is 6.11. The Labute approximate surface area is 106 Å². The number of rotatable bonds is 7. The third-order valence-corrected chi connectivity index (χ3v) is 4.76. The van der Waals surface area contributed by atoms with Crippen LogP contribution in [-0.4, -0.2) is 35.7 Å². The van der Waals surface area contributed by atoms with Crippen molar-refractivity contribution in [3.8, 4) is 0 Å². The number of aliphatic hydroxyl groups is 1. The van der Waals surface area contributed by atoms with Crippen LogP contribution in [0.4, 0.5) is 0 Å². The summed E-state index contributed by atoms with van der Waals surface area (Å²) in [6, 6.07) is 0.861. The maximum atomic E-state index is 9.09. The zero-order chi connectivity index (χ0) is 12.1. The molecule has 2 heteroatoms. The van der Waals surface area contributed by atoms with Crippen LogP contribution in [0.5, 0.6) is 0 Å². The highest BCUT2D eigenvalue weighted by atomic mass is 16.3. The van der Waals surface area contributed by atoms with Crippen molar-refractivity contribution in [1.82, 2.24) is 4.90 Å². The molecule has 2 unspecified atom stereocenters. The normalized spacial score (nSPS) is 30.7. The minimum atomic E-state index is 0.393. The average Bonchev–Trinajstić information content (AvgIpc) is 2.72. The van der Waals surface area contributed by atoms with Crippen molar-refractivity contribution in [3.63, 3.8) is 0 Å². The van der Waals surface area contributed by atoms with Crippen LogP contribution in [-0.2, 0) is 0 Å². The van der Waals surface area contributed by atoms with E-state index in [1.165, 1.54) is 51.4 Å². The fourth-order valence-corrected chi connectivity index (χ4v) is 3.66. The van der Waals surface area contributed by atoms with Gasteiger partial charge in [-0.15, -0.1) is 0 Å². The van der Waals surface area contributed by atoms with Gasteiger partial charge in [0.25, 0.3) is 0 Å². The van der Waals surface area contributed by atoms with E-state index in [4.69, 9.17) is 5.11 Å². The molecule has 0 aromatic heterocycles. The van der Waals surface area contributed by atoms with Crippen molar-refractivity contribution in [3.05, 3.63) is 0 Å². The number of hydrogen-bond donors (Lipinski definition) is 1. The van der Waals surface area contributed by atoms with Crippen LogP contribution in [0.15, 0.2) is 0 Å². The maximum absolute atomic E-state index is 9.09. The summed E-state index contributed by atoms with van der Waals surface area (Å²) < 4.78 is 0. The summed E-state index contributed by atoms with van der Waals surface area (Å²) in [6.45, 7) is 5.00. The molecular formula is C15H29NO. The van der Waals surface area contributed by atoms with Crippen molar-refractivity contribution >= 4 is 0 Å². The van der Waals surface area contributed by atoms with Crippen molar-refractivity contribution in [2.75, 3.05) is 19.7 Å². The summed E-state index contributed by atoms with van der Waals surface area (Å²) in [5, 5.41) is 9.09. The molecule has 0 spiro atoms. The molecular weight excluding hydrogens is 210 g/mol. The molecule has 0 bridgehead atoms. The van der Waals surface area contributed by atoms with Gasteiger partial charge in [-0.25, -0.2) is 0 Å². The Balaban J connectivity index is 1.67. The van der Waals surface area contributed by atoms with E-state index in [0.717, 1.165) is 25.0 Å². The Kier molecular flexibility index (Phi) is 5.30. The van der Waals surface area contributed by atoms with Crippen LogP contribution in [0, 0.1) is 11.8 Å². The summed E-state index contributed by atoms with van der Waals surface area (Å²) in [4.78, 5) is 2.64. The van der Waals surface area contributed by atoms with E-state index < -0.39 is 0 Å². The lowest BCUT2D eigenvalue weighted by Gasteiger charge is -2.44. The topological polar surface area (TPSA) is 23.5 Å². The van der Waals surface area contributed by atoms with E-state index in [1.807, 2.05) is 0 Å². The van der Waals surface area contributed by atoms with Gasteiger partial charge in [0.15, 0.2) is 0 Å². The number of hydrogen-bond acceptors (Lipinski definition) is 2. The zero-order valence-electron chi connectivity index (χ0n) is 11.4. The second kappa shape index (κ2) is 6.75. The molecule has 2 rings (SSSR count). The molecule has 0 aromatic rings. The third kappa shape index (κ3) is 3.45. The smallest absolute Gasteiger partial charge is 0.0483 e. The van der Waals surface area contributed by atoms with Crippen molar-refractivity contribution < 1.29 is 5.11 Å². The van der Waals surface area contributed by atoms with Gasteiger partial charge >= 0.3 is 0 Å². The van der Waals surface area contributed by atoms with Gasteiger partial charge in [-0.05, 0) is 25.2 Å². The van der Waals surface area contributed by atoms with Gasteiger partial charge in [0, 0.05) is 31.7 Å².